The first kappa shape index (κ1) is 13.3. The number of anilines is 1. The van der Waals surface area contributed by atoms with Crippen LogP contribution in [0.3, 0.4) is 0 Å². The van der Waals surface area contributed by atoms with Crippen LogP contribution in [0.2, 0.25) is 0 Å². The van der Waals surface area contributed by atoms with Crippen molar-refractivity contribution >= 4 is 38.4 Å². The molecule has 0 spiro atoms. The van der Waals surface area contributed by atoms with Crippen LogP contribution < -0.4 is 10.6 Å². The van der Waals surface area contributed by atoms with Gasteiger partial charge < -0.3 is 10.6 Å². The fraction of sp³-hybridized carbons (Fsp3) is 0.357. The molecule has 1 atom stereocenters. The van der Waals surface area contributed by atoms with Crippen LogP contribution in [-0.2, 0) is 4.79 Å². The number of halogens is 1. The molecule has 5 nitrogen and oxygen atoms in total. The van der Waals surface area contributed by atoms with Gasteiger partial charge in [-0.25, -0.2) is 0 Å². The lowest BCUT2D eigenvalue weighted by molar-refractivity contribution is -0.122. The predicted octanol–water partition coefficient (Wildman–Crippen LogP) is 2.09. The molecule has 1 saturated heterocycles. The van der Waals surface area contributed by atoms with Gasteiger partial charge >= 0.3 is 0 Å². The van der Waals surface area contributed by atoms with Crippen molar-refractivity contribution < 1.29 is 4.79 Å². The van der Waals surface area contributed by atoms with E-state index in [9.17, 15) is 4.79 Å². The third-order valence-corrected chi connectivity index (χ3v) is 4.22. The third-order valence-electron chi connectivity index (χ3n) is 3.73. The highest BCUT2D eigenvalue weighted by Gasteiger charge is 2.25. The van der Waals surface area contributed by atoms with Crippen molar-refractivity contribution in [1.29, 1.82) is 0 Å². The molecule has 3 rings (SSSR count). The zero-order chi connectivity index (χ0) is 14.1. The standard InChI is InChI=1S/C14H15BrN4O/c15-11-3-4-12-10(6-11)7-17-18-14(12)19-5-1-2-9(8-19)13(16)20/h3-4,6-7,9H,1-2,5,8H2,(H2,16,20)/t9-/m1/s1. The highest BCUT2D eigenvalue weighted by molar-refractivity contribution is 9.10. The zero-order valence-corrected chi connectivity index (χ0v) is 12.5. The summed E-state index contributed by atoms with van der Waals surface area (Å²) in [5.74, 6) is 0.503. The molecule has 0 radical (unpaired) electrons. The van der Waals surface area contributed by atoms with Crippen LogP contribution in [-0.4, -0.2) is 29.2 Å². The molecule has 1 aromatic carbocycles. The molecule has 1 fully saturated rings. The Labute approximate surface area is 125 Å². The number of carbonyl (C=O) groups excluding carboxylic acids is 1. The van der Waals surface area contributed by atoms with E-state index in [2.05, 4.69) is 31.0 Å². The van der Waals surface area contributed by atoms with Crippen molar-refractivity contribution in [3.05, 3.63) is 28.9 Å². The number of aromatic nitrogens is 2. The van der Waals surface area contributed by atoms with E-state index < -0.39 is 0 Å². The van der Waals surface area contributed by atoms with E-state index in [1.807, 2.05) is 18.2 Å². The molecule has 104 valence electrons. The molecular weight excluding hydrogens is 320 g/mol. The Morgan fingerprint density at radius 2 is 2.30 bits per heavy atom. The quantitative estimate of drug-likeness (QED) is 0.912. The van der Waals surface area contributed by atoms with Gasteiger partial charge in [0.1, 0.15) is 0 Å². The number of carbonyl (C=O) groups is 1. The highest BCUT2D eigenvalue weighted by Crippen LogP contribution is 2.29. The number of nitrogens with two attached hydrogens (primary N) is 1. The largest absolute Gasteiger partial charge is 0.369 e. The summed E-state index contributed by atoms with van der Waals surface area (Å²) in [6.45, 7) is 1.51. The number of hydrogen-bond acceptors (Lipinski definition) is 4. The van der Waals surface area contributed by atoms with Gasteiger partial charge in [0.2, 0.25) is 5.91 Å². The van der Waals surface area contributed by atoms with Crippen LogP contribution in [0, 0.1) is 5.92 Å². The van der Waals surface area contributed by atoms with Crippen molar-refractivity contribution in [2.45, 2.75) is 12.8 Å². The zero-order valence-electron chi connectivity index (χ0n) is 10.9. The molecule has 0 bridgehead atoms. The lowest BCUT2D eigenvalue weighted by Crippen LogP contribution is -2.41. The summed E-state index contributed by atoms with van der Waals surface area (Å²) in [7, 11) is 0. The molecule has 1 aliphatic heterocycles. The van der Waals surface area contributed by atoms with Gasteiger partial charge in [-0.1, -0.05) is 15.9 Å². The van der Waals surface area contributed by atoms with Gasteiger partial charge in [0.25, 0.3) is 0 Å². The van der Waals surface area contributed by atoms with Crippen LogP contribution in [0.25, 0.3) is 10.8 Å². The number of benzene rings is 1. The number of rotatable bonds is 2. The minimum Gasteiger partial charge on any atom is -0.369 e. The van der Waals surface area contributed by atoms with E-state index in [1.54, 1.807) is 6.20 Å². The normalized spacial score (nSPS) is 19.2. The van der Waals surface area contributed by atoms with Crippen molar-refractivity contribution in [3.63, 3.8) is 0 Å². The fourth-order valence-electron chi connectivity index (χ4n) is 2.68. The Morgan fingerprint density at radius 1 is 1.45 bits per heavy atom. The van der Waals surface area contributed by atoms with Crippen LogP contribution in [0.5, 0.6) is 0 Å². The molecule has 1 amide bonds. The SMILES string of the molecule is NC(=O)[C@@H]1CCCN(c2nncc3cc(Br)ccc23)C1. The maximum absolute atomic E-state index is 11.4. The number of piperidine rings is 1. The van der Waals surface area contributed by atoms with E-state index in [0.29, 0.717) is 6.54 Å². The molecule has 6 heteroatoms. The maximum Gasteiger partial charge on any atom is 0.222 e. The summed E-state index contributed by atoms with van der Waals surface area (Å²) >= 11 is 3.46. The molecule has 0 unspecified atom stereocenters. The van der Waals surface area contributed by atoms with E-state index >= 15 is 0 Å². The second-order valence-corrected chi connectivity index (χ2v) is 6.00. The van der Waals surface area contributed by atoms with Gasteiger partial charge in [-0.2, -0.15) is 5.10 Å². The fourth-order valence-corrected chi connectivity index (χ4v) is 3.06. The molecule has 0 saturated carbocycles. The van der Waals surface area contributed by atoms with Gasteiger partial charge in [0.15, 0.2) is 5.82 Å². The molecule has 1 aromatic heterocycles. The smallest absolute Gasteiger partial charge is 0.222 e. The Balaban J connectivity index is 1.99. The van der Waals surface area contributed by atoms with Gasteiger partial charge in [0.05, 0.1) is 12.1 Å². The van der Waals surface area contributed by atoms with Crippen molar-refractivity contribution in [2.24, 2.45) is 11.7 Å². The second-order valence-electron chi connectivity index (χ2n) is 5.09. The average molecular weight is 335 g/mol. The first-order chi connectivity index (χ1) is 9.65. The van der Waals surface area contributed by atoms with Crippen LogP contribution in [0.4, 0.5) is 5.82 Å². The average Bonchev–Trinajstić information content (AvgIpc) is 2.46. The van der Waals surface area contributed by atoms with E-state index in [1.165, 1.54) is 0 Å². The van der Waals surface area contributed by atoms with E-state index in [0.717, 1.165) is 40.4 Å². The lowest BCUT2D eigenvalue weighted by atomic mass is 9.97. The van der Waals surface area contributed by atoms with Crippen LogP contribution >= 0.6 is 15.9 Å². The molecular formula is C14H15BrN4O. The summed E-state index contributed by atoms with van der Waals surface area (Å²) in [6, 6.07) is 6.03. The van der Waals surface area contributed by atoms with Gasteiger partial charge in [-0.15, -0.1) is 5.10 Å². The van der Waals surface area contributed by atoms with Crippen molar-refractivity contribution in [1.82, 2.24) is 10.2 Å². The number of fused-ring (bicyclic) bond motifs is 1. The summed E-state index contributed by atoms with van der Waals surface area (Å²) in [5, 5.41) is 10.4. The van der Waals surface area contributed by atoms with Crippen molar-refractivity contribution in [3.8, 4) is 0 Å². The summed E-state index contributed by atoms with van der Waals surface area (Å²) in [6.07, 6.45) is 3.55. The Kier molecular flexibility index (Phi) is 3.56. The monoisotopic (exact) mass is 334 g/mol. The Hall–Kier alpha value is -1.69. The van der Waals surface area contributed by atoms with E-state index in [4.69, 9.17) is 5.73 Å². The first-order valence-corrected chi connectivity index (χ1v) is 7.39. The minimum absolute atomic E-state index is 0.101. The maximum atomic E-state index is 11.4. The molecule has 2 heterocycles. The summed E-state index contributed by atoms with van der Waals surface area (Å²) < 4.78 is 1.01. The summed E-state index contributed by atoms with van der Waals surface area (Å²) in [4.78, 5) is 13.5. The third kappa shape index (κ3) is 2.47. The summed E-state index contributed by atoms with van der Waals surface area (Å²) in [5.41, 5.74) is 5.43. The first-order valence-electron chi connectivity index (χ1n) is 6.60. The number of primary amides is 1. The van der Waals surface area contributed by atoms with Crippen molar-refractivity contribution in [2.75, 3.05) is 18.0 Å². The Bertz CT molecular complexity index is 661. The van der Waals surface area contributed by atoms with Crippen LogP contribution in [0.15, 0.2) is 28.9 Å². The van der Waals surface area contributed by atoms with Gasteiger partial charge in [-0.3, -0.25) is 4.79 Å². The minimum atomic E-state index is -0.231. The van der Waals surface area contributed by atoms with Gasteiger partial charge in [-0.05, 0) is 31.0 Å². The van der Waals surface area contributed by atoms with Crippen LogP contribution in [0.1, 0.15) is 12.8 Å². The topological polar surface area (TPSA) is 72.1 Å². The molecule has 2 N–H and O–H groups in total. The highest BCUT2D eigenvalue weighted by atomic mass is 79.9. The van der Waals surface area contributed by atoms with Gasteiger partial charge in [0, 0.05) is 28.3 Å². The molecule has 0 aliphatic carbocycles. The van der Waals surface area contributed by atoms with E-state index in [-0.39, 0.29) is 11.8 Å². The number of hydrogen-bond donors (Lipinski definition) is 1. The second kappa shape index (κ2) is 5.36. The number of amides is 1. The molecule has 1 aliphatic rings. The molecule has 20 heavy (non-hydrogen) atoms. The molecule has 2 aromatic rings. The lowest BCUT2D eigenvalue weighted by Gasteiger charge is -2.32. The Morgan fingerprint density at radius 3 is 3.10 bits per heavy atom. The number of nitrogens with zero attached hydrogens (tertiary/aromatic N) is 3. The predicted molar refractivity (Wildman–Crippen MR) is 81.4 cm³/mol.